The molecule has 2 heteroatoms. The van der Waals surface area contributed by atoms with Crippen molar-refractivity contribution in [3.8, 4) is 0 Å². The lowest BCUT2D eigenvalue weighted by Gasteiger charge is -2.43. The largest absolute Gasteiger partial charge is 0.330 e. The zero-order valence-corrected chi connectivity index (χ0v) is 12.4. The number of hydrogen-bond donors (Lipinski definition) is 1. The van der Waals surface area contributed by atoms with Crippen molar-refractivity contribution in [1.29, 1.82) is 0 Å². The van der Waals surface area contributed by atoms with Crippen LogP contribution in [0.25, 0.3) is 0 Å². The molecule has 0 bridgehead atoms. The van der Waals surface area contributed by atoms with Gasteiger partial charge in [-0.1, -0.05) is 43.7 Å². The van der Waals surface area contributed by atoms with Gasteiger partial charge in [-0.3, -0.25) is 4.90 Å². The summed E-state index contributed by atoms with van der Waals surface area (Å²) in [6.45, 7) is 6.65. The number of piperidine rings is 1. The predicted octanol–water partition coefficient (Wildman–Crippen LogP) is 3.59. The molecule has 0 aliphatic carbocycles. The molecule has 1 heterocycles. The van der Waals surface area contributed by atoms with Gasteiger partial charge < -0.3 is 5.73 Å². The Labute approximate surface area is 118 Å². The molecule has 2 nitrogen and oxygen atoms in total. The quantitative estimate of drug-likeness (QED) is 0.876. The van der Waals surface area contributed by atoms with Crippen molar-refractivity contribution < 1.29 is 0 Å². The Bertz CT molecular complexity index is 363. The summed E-state index contributed by atoms with van der Waals surface area (Å²) in [7, 11) is 0. The van der Waals surface area contributed by atoms with Crippen LogP contribution in [0.4, 0.5) is 0 Å². The standard InChI is InChI=1S/C17H28N2/c1-3-7-17(16-8-5-4-6-9-16)19-13-15(12-18)11-10-14(19)2/h4-6,8-9,14-15,17H,3,7,10-13,18H2,1-2H3. The van der Waals surface area contributed by atoms with Crippen molar-refractivity contribution >= 4 is 0 Å². The Hall–Kier alpha value is -0.860. The van der Waals surface area contributed by atoms with Gasteiger partial charge in [0.1, 0.15) is 0 Å². The van der Waals surface area contributed by atoms with Gasteiger partial charge in [0.25, 0.3) is 0 Å². The van der Waals surface area contributed by atoms with Crippen molar-refractivity contribution in [2.75, 3.05) is 13.1 Å². The summed E-state index contributed by atoms with van der Waals surface area (Å²) >= 11 is 0. The van der Waals surface area contributed by atoms with E-state index in [9.17, 15) is 0 Å². The van der Waals surface area contributed by atoms with E-state index in [-0.39, 0.29) is 0 Å². The van der Waals surface area contributed by atoms with Gasteiger partial charge in [0.2, 0.25) is 0 Å². The third kappa shape index (κ3) is 3.58. The van der Waals surface area contributed by atoms with Crippen molar-refractivity contribution in [2.24, 2.45) is 11.7 Å². The number of likely N-dealkylation sites (tertiary alicyclic amines) is 1. The first-order chi connectivity index (χ1) is 9.26. The molecule has 2 rings (SSSR count). The first-order valence-corrected chi connectivity index (χ1v) is 7.77. The summed E-state index contributed by atoms with van der Waals surface area (Å²) in [5, 5.41) is 0. The molecular weight excluding hydrogens is 232 g/mol. The van der Waals surface area contributed by atoms with Gasteiger partial charge in [-0.2, -0.15) is 0 Å². The molecule has 0 amide bonds. The van der Waals surface area contributed by atoms with Gasteiger partial charge in [0.05, 0.1) is 0 Å². The maximum atomic E-state index is 5.90. The van der Waals surface area contributed by atoms with E-state index in [1.54, 1.807) is 0 Å². The molecule has 0 saturated carbocycles. The highest BCUT2D eigenvalue weighted by molar-refractivity contribution is 5.19. The highest BCUT2D eigenvalue weighted by atomic mass is 15.2. The van der Waals surface area contributed by atoms with Gasteiger partial charge in [-0.15, -0.1) is 0 Å². The molecule has 3 atom stereocenters. The van der Waals surface area contributed by atoms with Crippen molar-refractivity contribution in [3.05, 3.63) is 35.9 Å². The first kappa shape index (κ1) is 14.5. The lowest BCUT2D eigenvalue weighted by molar-refractivity contribution is 0.0685. The summed E-state index contributed by atoms with van der Waals surface area (Å²) in [4.78, 5) is 2.69. The van der Waals surface area contributed by atoms with Crippen molar-refractivity contribution in [3.63, 3.8) is 0 Å². The van der Waals surface area contributed by atoms with E-state index in [1.807, 2.05) is 0 Å². The molecule has 0 radical (unpaired) electrons. The van der Waals surface area contributed by atoms with Crippen LogP contribution in [0.15, 0.2) is 30.3 Å². The fraction of sp³-hybridized carbons (Fsp3) is 0.647. The van der Waals surface area contributed by atoms with Crippen LogP contribution in [-0.2, 0) is 0 Å². The average Bonchev–Trinajstić information content (AvgIpc) is 2.47. The molecule has 1 aliphatic rings. The van der Waals surface area contributed by atoms with Crippen LogP contribution < -0.4 is 5.73 Å². The minimum Gasteiger partial charge on any atom is -0.330 e. The maximum absolute atomic E-state index is 5.90. The van der Waals surface area contributed by atoms with Crippen LogP contribution in [0.1, 0.15) is 51.1 Å². The van der Waals surface area contributed by atoms with E-state index in [0.29, 0.717) is 18.0 Å². The maximum Gasteiger partial charge on any atom is 0.0350 e. The highest BCUT2D eigenvalue weighted by Crippen LogP contribution is 2.33. The molecule has 0 aromatic heterocycles. The van der Waals surface area contributed by atoms with Crippen LogP contribution in [0, 0.1) is 5.92 Å². The van der Waals surface area contributed by atoms with E-state index in [2.05, 4.69) is 49.1 Å². The predicted molar refractivity (Wildman–Crippen MR) is 82.0 cm³/mol. The van der Waals surface area contributed by atoms with E-state index in [0.717, 1.165) is 13.1 Å². The van der Waals surface area contributed by atoms with E-state index >= 15 is 0 Å². The molecule has 3 unspecified atom stereocenters. The third-order valence-corrected chi connectivity index (χ3v) is 4.51. The zero-order chi connectivity index (χ0) is 13.7. The first-order valence-electron chi connectivity index (χ1n) is 7.77. The van der Waals surface area contributed by atoms with Crippen LogP contribution >= 0.6 is 0 Å². The van der Waals surface area contributed by atoms with Crippen LogP contribution in [0.2, 0.25) is 0 Å². The number of benzene rings is 1. The second-order valence-electron chi connectivity index (χ2n) is 5.94. The molecular formula is C17H28N2. The number of nitrogens with two attached hydrogens (primary N) is 1. The average molecular weight is 260 g/mol. The molecule has 106 valence electrons. The minimum atomic E-state index is 0.565. The Morgan fingerprint density at radius 2 is 2.00 bits per heavy atom. The van der Waals surface area contributed by atoms with Crippen molar-refractivity contribution in [2.45, 2.75) is 51.6 Å². The second-order valence-corrected chi connectivity index (χ2v) is 5.94. The third-order valence-electron chi connectivity index (χ3n) is 4.51. The van der Waals surface area contributed by atoms with Crippen LogP contribution in [0.3, 0.4) is 0 Å². The van der Waals surface area contributed by atoms with Gasteiger partial charge >= 0.3 is 0 Å². The topological polar surface area (TPSA) is 29.3 Å². The van der Waals surface area contributed by atoms with Gasteiger partial charge in [0.15, 0.2) is 0 Å². The summed E-state index contributed by atoms with van der Waals surface area (Å²) in [6.07, 6.45) is 5.05. The van der Waals surface area contributed by atoms with E-state index in [4.69, 9.17) is 5.73 Å². The van der Waals surface area contributed by atoms with E-state index in [1.165, 1.54) is 31.2 Å². The Morgan fingerprint density at radius 3 is 2.63 bits per heavy atom. The fourth-order valence-electron chi connectivity index (χ4n) is 3.31. The fourth-order valence-corrected chi connectivity index (χ4v) is 3.31. The molecule has 0 spiro atoms. The van der Waals surface area contributed by atoms with Crippen molar-refractivity contribution in [1.82, 2.24) is 4.90 Å². The second kappa shape index (κ2) is 7.06. The summed E-state index contributed by atoms with van der Waals surface area (Å²) in [6, 6.07) is 12.2. The molecule has 2 N–H and O–H groups in total. The van der Waals surface area contributed by atoms with E-state index < -0.39 is 0 Å². The summed E-state index contributed by atoms with van der Waals surface area (Å²) in [5.74, 6) is 0.680. The van der Waals surface area contributed by atoms with Crippen LogP contribution in [0.5, 0.6) is 0 Å². The SMILES string of the molecule is CCCC(c1ccccc1)N1CC(CN)CCC1C. The normalized spacial score (nSPS) is 26.3. The lowest BCUT2D eigenvalue weighted by atomic mass is 9.89. The van der Waals surface area contributed by atoms with Gasteiger partial charge in [-0.25, -0.2) is 0 Å². The Morgan fingerprint density at radius 1 is 1.26 bits per heavy atom. The number of nitrogens with zero attached hydrogens (tertiary/aromatic N) is 1. The molecule has 1 saturated heterocycles. The lowest BCUT2D eigenvalue weighted by Crippen LogP contribution is -2.45. The molecule has 1 aromatic rings. The Balaban J connectivity index is 2.17. The highest BCUT2D eigenvalue weighted by Gasteiger charge is 2.30. The number of rotatable bonds is 5. The zero-order valence-electron chi connectivity index (χ0n) is 12.4. The monoisotopic (exact) mass is 260 g/mol. The number of hydrogen-bond acceptors (Lipinski definition) is 2. The molecule has 19 heavy (non-hydrogen) atoms. The smallest absolute Gasteiger partial charge is 0.0350 e. The molecule has 1 fully saturated rings. The summed E-state index contributed by atoms with van der Waals surface area (Å²) in [5.41, 5.74) is 7.36. The molecule has 1 aromatic carbocycles. The molecule has 1 aliphatic heterocycles. The van der Waals surface area contributed by atoms with Gasteiger partial charge in [0, 0.05) is 18.6 Å². The summed E-state index contributed by atoms with van der Waals surface area (Å²) < 4.78 is 0. The minimum absolute atomic E-state index is 0.565. The van der Waals surface area contributed by atoms with Crippen LogP contribution in [-0.4, -0.2) is 24.0 Å². The Kier molecular flexibility index (Phi) is 5.41. The van der Waals surface area contributed by atoms with Gasteiger partial charge in [-0.05, 0) is 44.2 Å².